The molecule has 4 aromatic carbocycles. The van der Waals surface area contributed by atoms with Gasteiger partial charge in [-0.15, -0.1) is 0 Å². The average molecular weight is 680 g/mol. The summed E-state index contributed by atoms with van der Waals surface area (Å²) in [5.41, 5.74) is 4.39. The first-order valence-electron chi connectivity index (χ1n) is 18.6. The Balaban J connectivity index is 1.45. The predicted molar refractivity (Wildman–Crippen MR) is 201 cm³/mol. The molecular formula is C44H57NO5. The lowest BCUT2D eigenvalue weighted by atomic mass is 9.81. The second kappa shape index (κ2) is 21.8. The van der Waals surface area contributed by atoms with Crippen molar-refractivity contribution in [1.29, 1.82) is 0 Å². The largest absolute Gasteiger partial charge is 0.377 e. The molecule has 50 heavy (non-hydrogen) atoms. The highest BCUT2D eigenvalue weighted by Crippen LogP contribution is 2.34. The topological polar surface area (TPSA) is 58.2 Å². The molecule has 0 bridgehead atoms. The quantitative estimate of drug-likeness (QED) is 0.0837. The van der Waals surface area contributed by atoms with Crippen LogP contribution in [0.3, 0.4) is 0 Å². The second-order valence-corrected chi connectivity index (χ2v) is 13.3. The number of hydrogen-bond acceptors (Lipinski definition) is 6. The van der Waals surface area contributed by atoms with E-state index in [2.05, 4.69) is 72.9 Å². The minimum Gasteiger partial charge on any atom is -0.377 e. The van der Waals surface area contributed by atoms with E-state index in [1.54, 1.807) is 7.11 Å². The van der Waals surface area contributed by atoms with Gasteiger partial charge in [0.2, 0.25) is 0 Å². The van der Waals surface area contributed by atoms with Gasteiger partial charge in [0, 0.05) is 7.11 Å². The molecule has 0 spiro atoms. The fourth-order valence-corrected chi connectivity index (χ4v) is 6.85. The number of unbranched alkanes of at least 4 members (excludes halogenated alkanes) is 6. The fraction of sp³-hybridized carbons (Fsp3) is 0.455. The van der Waals surface area contributed by atoms with Gasteiger partial charge in [-0.25, -0.2) is 0 Å². The van der Waals surface area contributed by atoms with Gasteiger partial charge in [0.1, 0.15) is 30.5 Å². The molecule has 0 saturated heterocycles. The number of ether oxygens (including phenoxy) is 5. The average Bonchev–Trinajstić information content (AvgIpc) is 3.17. The van der Waals surface area contributed by atoms with Crippen LogP contribution in [0.15, 0.2) is 121 Å². The zero-order valence-corrected chi connectivity index (χ0v) is 30.0. The van der Waals surface area contributed by atoms with Gasteiger partial charge < -0.3 is 29.0 Å². The van der Waals surface area contributed by atoms with E-state index in [1.807, 2.05) is 60.7 Å². The van der Waals surface area contributed by atoms with E-state index in [9.17, 15) is 0 Å². The number of benzene rings is 4. The van der Waals surface area contributed by atoms with E-state index in [-0.39, 0.29) is 18.2 Å². The molecule has 0 aliphatic heterocycles. The Bertz CT molecular complexity index is 1420. The summed E-state index contributed by atoms with van der Waals surface area (Å²) in [4.78, 5) is 0. The Kier molecular flexibility index (Phi) is 16.5. The van der Waals surface area contributed by atoms with E-state index in [0.29, 0.717) is 26.4 Å². The zero-order valence-electron chi connectivity index (χ0n) is 30.0. The number of rotatable bonds is 22. The standard InChI is InChI=1S/C44H57NO5/c1-3-4-5-6-7-8-21-30-45-39-40(46-2)42(48-32-36-24-15-10-16-25-36)44(50-34-38-28-19-12-20-29-38)43(49-33-37-26-17-11-18-27-37)41(39)47-31-35-22-13-9-14-23-35/h9-20,22-29,39-45H,3-8,21,30-34H2,1-2H3/t39-,40-,41+,42+,43-,44-/m1/s1. The van der Waals surface area contributed by atoms with E-state index in [0.717, 1.165) is 35.2 Å². The molecule has 5 rings (SSSR count). The molecular weight excluding hydrogens is 622 g/mol. The Morgan fingerprint density at radius 3 is 1.16 bits per heavy atom. The summed E-state index contributed by atoms with van der Waals surface area (Å²) in [7, 11) is 1.78. The molecule has 1 N–H and O–H groups in total. The first-order valence-corrected chi connectivity index (χ1v) is 18.6. The van der Waals surface area contributed by atoms with Crippen LogP contribution in [0.4, 0.5) is 0 Å². The van der Waals surface area contributed by atoms with Gasteiger partial charge in [0.25, 0.3) is 0 Å². The van der Waals surface area contributed by atoms with Crippen molar-refractivity contribution >= 4 is 0 Å². The van der Waals surface area contributed by atoms with Crippen molar-refractivity contribution in [2.75, 3.05) is 13.7 Å². The van der Waals surface area contributed by atoms with Crippen LogP contribution >= 0.6 is 0 Å². The normalized spacial score (nSPS) is 22.0. The van der Waals surface area contributed by atoms with Crippen molar-refractivity contribution < 1.29 is 23.7 Å². The molecule has 0 amide bonds. The molecule has 1 aliphatic carbocycles. The Labute approximate surface area is 300 Å². The summed E-state index contributed by atoms with van der Waals surface area (Å²) >= 11 is 0. The molecule has 0 heterocycles. The minimum absolute atomic E-state index is 0.193. The molecule has 1 saturated carbocycles. The molecule has 6 heteroatoms. The number of methoxy groups -OCH3 is 1. The van der Waals surface area contributed by atoms with Crippen LogP contribution in [-0.4, -0.2) is 50.2 Å². The summed E-state index contributed by atoms with van der Waals surface area (Å²) in [6.45, 7) is 4.85. The van der Waals surface area contributed by atoms with Crippen molar-refractivity contribution in [2.24, 2.45) is 0 Å². The van der Waals surface area contributed by atoms with Crippen LogP contribution in [0.1, 0.15) is 74.1 Å². The van der Waals surface area contributed by atoms with Gasteiger partial charge in [0.15, 0.2) is 0 Å². The third kappa shape index (κ3) is 11.9. The van der Waals surface area contributed by atoms with Crippen molar-refractivity contribution in [3.8, 4) is 0 Å². The van der Waals surface area contributed by atoms with Gasteiger partial charge in [-0.3, -0.25) is 0 Å². The van der Waals surface area contributed by atoms with Gasteiger partial charge in [0.05, 0.1) is 32.5 Å². The molecule has 6 atom stereocenters. The second-order valence-electron chi connectivity index (χ2n) is 13.3. The molecule has 1 fully saturated rings. The summed E-state index contributed by atoms with van der Waals surface area (Å²) < 4.78 is 34.0. The summed E-state index contributed by atoms with van der Waals surface area (Å²) in [5, 5.41) is 3.90. The number of nitrogens with one attached hydrogen (secondary N) is 1. The Morgan fingerprint density at radius 2 is 0.760 bits per heavy atom. The first kappa shape index (κ1) is 37.9. The molecule has 0 radical (unpaired) electrons. The van der Waals surface area contributed by atoms with Crippen LogP contribution in [0.2, 0.25) is 0 Å². The highest BCUT2D eigenvalue weighted by Gasteiger charge is 2.54. The van der Waals surface area contributed by atoms with E-state index < -0.39 is 18.3 Å². The summed E-state index contributed by atoms with van der Waals surface area (Å²) in [5.74, 6) is 0. The van der Waals surface area contributed by atoms with E-state index >= 15 is 0 Å². The lowest BCUT2D eigenvalue weighted by Crippen LogP contribution is -2.70. The van der Waals surface area contributed by atoms with Crippen molar-refractivity contribution in [3.05, 3.63) is 144 Å². The Hall–Kier alpha value is -3.36. The lowest BCUT2D eigenvalue weighted by Gasteiger charge is -2.50. The lowest BCUT2D eigenvalue weighted by molar-refractivity contribution is -0.254. The van der Waals surface area contributed by atoms with Crippen LogP contribution in [0.5, 0.6) is 0 Å². The SMILES string of the molecule is CCCCCCCCCN[C@@H]1[C@@H](OC)[C@H](OCc2ccccc2)[C@@H](OCc2ccccc2)[C@H](OCc2ccccc2)[C@H]1OCc1ccccc1. The maximum absolute atomic E-state index is 6.93. The van der Waals surface area contributed by atoms with Gasteiger partial charge in [-0.05, 0) is 35.2 Å². The predicted octanol–water partition coefficient (Wildman–Crippen LogP) is 9.07. The molecule has 4 aromatic rings. The highest BCUT2D eigenvalue weighted by molar-refractivity contribution is 5.18. The van der Waals surface area contributed by atoms with E-state index in [4.69, 9.17) is 23.7 Å². The third-order valence-corrected chi connectivity index (χ3v) is 9.58. The van der Waals surface area contributed by atoms with Gasteiger partial charge in [-0.2, -0.15) is 0 Å². The molecule has 0 unspecified atom stereocenters. The van der Waals surface area contributed by atoms with Crippen LogP contribution < -0.4 is 5.32 Å². The smallest absolute Gasteiger partial charge is 0.115 e. The minimum atomic E-state index is -0.468. The highest BCUT2D eigenvalue weighted by atomic mass is 16.6. The first-order chi connectivity index (χ1) is 24.8. The fourth-order valence-electron chi connectivity index (χ4n) is 6.85. The molecule has 0 aromatic heterocycles. The summed E-state index contributed by atoms with van der Waals surface area (Å²) in [6.07, 6.45) is 6.69. The van der Waals surface area contributed by atoms with Crippen molar-refractivity contribution in [3.63, 3.8) is 0 Å². The number of hydrogen-bond donors (Lipinski definition) is 1. The van der Waals surface area contributed by atoms with E-state index in [1.165, 1.54) is 38.5 Å². The maximum atomic E-state index is 6.93. The van der Waals surface area contributed by atoms with Crippen molar-refractivity contribution in [2.45, 2.75) is 115 Å². The maximum Gasteiger partial charge on any atom is 0.115 e. The Morgan fingerprint density at radius 1 is 0.420 bits per heavy atom. The van der Waals surface area contributed by atoms with Gasteiger partial charge in [-0.1, -0.05) is 167 Å². The third-order valence-electron chi connectivity index (χ3n) is 9.58. The monoisotopic (exact) mass is 679 g/mol. The van der Waals surface area contributed by atoms with Crippen LogP contribution in [0.25, 0.3) is 0 Å². The van der Waals surface area contributed by atoms with Crippen LogP contribution in [0, 0.1) is 0 Å². The van der Waals surface area contributed by atoms with Crippen molar-refractivity contribution in [1.82, 2.24) is 5.32 Å². The van der Waals surface area contributed by atoms with Crippen LogP contribution in [-0.2, 0) is 50.1 Å². The molecule has 1 aliphatic rings. The van der Waals surface area contributed by atoms with Gasteiger partial charge >= 0.3 is 0 Å². The zero-order chi connectivity index (χ0) is 34.6. The molecule has 6 nitrogen and oxygen atoms in total. The molecule has 268 valence electrons. The summed E-state index contributed by atoms with van der Waals surface area (Å²) in [6, 6.07) is 41.1.